The molecule has 0 amide bonds. The summed E-state index contributed by atoms with van der Waals surface area (Å²) < 4.78 is 5.36. The lowest BCUT2D eigenvalue weighted by Crippen LogP contribution is -2.22. The van der Waals surface area contributed by atoms with Crippen LogP contribution in [-0.2, 0) is 4.74 Å². The third kappa shape index (κ3) is 1.75. The Morgan fingerprint density at radius 3 is 2.69 bits per heavy atom. The molecule has 0 saturated carbocycles. The van der Waals surface area contributed by atoms with Crippen LogP contribution in [0.15, 0.2) is 48.0 Å². The van der Waals surface area contributed by atoms with Gasteiger partial charge in [-0.25, -0.2) is 0 Å². The molecule has 0 N–H and O–H groups in total. The molecule has 0 aromatic heterocycles. The average molecular weight is 216 g/mol. The molecule has 0 spiro atoms. The summed E-state index contributed by atoms with van der Waals surface area (Å²) in [6.45, 7) is 12.2. The second kappa shape index (κ2) is 4.32. The van der Waals surface area contributed by atoms with Crippen LogP contribution in [-0.4, -0.2) is 0 Å². The minimum atomic E-state index is 0.447. The molecule has 0 fully saturated rings. The molecule has 1 nitrogen and oxygen atoms in total. The van der Waals surface area contributed by atoms with Crippen LogP contribution >= 0.6 is 0 Å². The highest BCUT2D eigenvalue weighted by Crippen LogP contribution is 2.42. The Morgan fingerprint density at radius 2 is 2.25 bits per heavy atom. The largest absolute Gasteiger partial charge is 0.462 e. The summed E-state index contributed by atoms with van der Waals surface area (Å²) in [6.07, 6.45) is 8.19. The third-order valence-electron chi connectivity index (χ3n) is 3.71. The number of allylic oxidation sites excluding steroid dienone is 5. The van der Waals surface area contributed by atoms with Crippen molar-refractivity contribution in [1.29, 1.82) is 0 Å². The quantitative estimate of drug-likeness (QED) is 0.635. The van der Waals surface area contributed by atoms with E-state index in [0.29, 0.717) is 11.8 Å². The van der Waals surface area contributed by atoms with Crippen LogP contribution < -0.4 is 0 Å². The van der Waals surface area contributed by atoms with Gasteiger partial charge in [0.05, 0.1) is 0 Å². The first-order valence-electron chi connectivity index (χ1n) is 6.04. The zero-order valence-corrected chi connectivity index (χ0v) is 10.3. The number of rotatable bonds is 4. The Morgan fingerprint density at radius 1 is 1.50 bits per heavy atom. The van der Waals surface area contributed by atoms with Crippen molar-refractivity contribution in [3.63, 3.8) is 0 Å². The lowest BCUT2D eigenvalue weighted by molar-refractivity contribution is 0.238. The molecular formula is C15H20O. The Balaban J connectivity index is 2.19. The standard InChI is InChI=1S/C15H20O/c1-5-14(13-8-6-7-9-13)10(2)15-11(3)16-12(15)4/h5,8,10,14H,1,3,6-7,9H2,2,4H3/t10-,14?/m0/s1. The number of hydrogen-bond acceptors (Lipinski definition) is 1. The van der Waals surface area contributed by atoms with Gasteiger partial charge in [0.1, 0.15) is 11.5 Å². The predicted octanol–water partition coefficient (Wildman–Crippen LogP) is 4.35. The molecule has 16 heavy (non-hydrogen) atoms. The van der Waals surface area contributed by atoms with E-state index in [1.165, 1.54) is 24.8 Å². The van der Waals surface area contributed by atoms with Crippen molar-refractivity contribution in [2.75, 3.05) is 0 Å². The summed E-state index contributed by atoms with van der Waals surface area (Å²) in [4.78, 5) is 0. The number of ether oxygens (including phenoxy) is 1. The van der Waals surface area contributed by atoms with Gasteiger partial charge in [-0.15, -0.1) is 6.58 Å². The molecule has 0 bridgehead atoms. The Hall–Kier alpha value is -1.24. The van der Waals surface area contributed by atoms with Gasteiger partial charge in [-0.2, -0.15) is 0 Å². The fourth-order valence-electron chi connectivity index (χ4n) is 2.87. The second-order valence-corrected chi connectivity index (χ2v) is 4.72. The number of hydrogen-bond donors (Lipinski definition) is 0. The first-order chi connectivity index (χ1) is 7.65. The monoisotopic (exact) mass is 216 g/mol. The van der Waals surface area contributed by atoms with Crippen molar-refractivity contribution in [2.24, 2.45) is 11.8 Å². The van der Waals surface area contributed by atoms with Crippen molar-refractivity contribution in [1.82, 2.24) is 0 Å². The maximum atomic E-state index is 5.36. The molecule has 1 aliphatic carbocycles. The molecule has 1 heterocycles. The minimum absolute atomic E-state index is 0.447. The van der Waals surface area contributed by atoms with E-state index in [4.69, 9.17) is 4.74 Å². The van der Waals surface area contributed by atoms with Gasteiger partial charge >= 0.3 is 0 Å². The SMILES string of the molecule is C=CC(C1=CCCC1)[C@H](C)C1=C(C)OC1=C. The Labute approximate surface area is 98.2 Å². The molecule has 0 radical (unpaired) electrons. The predicted molar refractivity (Wildman–Crippen MR) is 67.7 cm³/mol. The van der Waals surface area contributed by atoms with Crippen molar-refractivity contribution < 1.29 is 4.74 Å². The average Bonchev–Trinajstić information content (AvgIpc) is 2.71. The molecule has 0 aromatic rings. The topological polar surface area (TPSA) is 9.23 Å². The first-order valence-corrected chi connectivity index (χ1v) is 6.04. The zero-order valence-electron chi connectivity index (χ0n) is 10.3. The van der Waals surface area contributed by atoms with Gasteiger partial charge in [0, 0.05) is 11.5 Å². The maximum absolute atomic E-state index is 5.36. The van der Waals surface area contributed by atoms with Crippen molar-refractivity contribution in [3.05, 3.63) is 48.0 Å². The van der Waals surface area contributed by atoms with Gasteiger partial charge in [0.15, 0.2) is 0 Å². The summed E-state index contributed by atoms with van der Waals surface area (Å²) in [5.41, 5.74) is 2.83. The molecule has 2 atom stereocenters. The smallest absolute Gasteiger partial charge is 0.126 e. The van der Waals surface area contributed by atoms with Gasteiger partial charge < -0.3 is 4.74 Å². The highest BCUT2D eigenvalue weighted by atomic mass is 16.5. The maximum Gasteiger partial charge on any atom is 0.126 e. The molecular weight excluding hydrogens is 196 g/mol. The summed E-state index contributed by atoms with van der Waals surface area (Å²) in [6, 6.07) is 0. The van der Waals surface area contributed by atoms with E-state index in [-0.39, 0.29) is 0 Å². The summed E-state index contributed by atoms with van der Waals surface area (Å²) in [5, 5.41) is 0. The van der Waals surface area contributed by atoms with Crippen LogP contribution in [0.2, 0.25) is 0 Å². The van der Waals surface area contributed by atoms with Crippen molar-refractivity contribution in [3.8, 4) is 0 Å². The minimum Gasteiger partial charge on any atom is -0.462 e. The first kappa shape index (κ1) is 11.3. The van der Waals surface area contributed by atoms with Gasteiger partial charge in [-0.1, -0.05) is 31.2 Å². The van der Waals surface area contributed by atoms with E-state index in [0.717, 1.165) is 11.5 Å². The van der Waals surface area contributed by atoms with Crippen molar-refractivity contribution in [2.45, 2.75) is 33.1 Å². The molecule has 86 valence electrons. The normalized spacial score (nSPS) is 23.4. The summed E-state index contributed by atoms with van der Waals surface area (Å²) in [5.74, 6) is 2.77. The van der Waals surface area contributed by atoms with E-state index < -0.39 is 0 Å². The molecule has 1 aliphatic heterocycles. The molecule has 2 aliphatic rings. The zero-order chi connectivity index (χ0) is 11.7. The molecule has 0 aromatic carbocycles. The Bertz CT molecular complexity index is 384. The highest BCUT2D eigenvalue weighted by Gasteiger charge is 2.31. The lowest BCUT2D eigenvalue weighted by atomic mass is 9.79. The van der Waals surface area contributed by atoms with E-state index in [1.54, 1.807) is 5.57 Å². The van der Waals surface area contributed by atoms with Gasteiger partial charge in [-0.05, 0) is 32.1 Å². The summed E-state index contributed by atoms with van der Waals surface area (Å²) in [7, 11) is 0. The van der Waals surface area contributed by atoms with E-state index in [2.05, 4.69) is 32.2 Å². The van der Waals surface area contributed by atoms with Crippen LogP contribution in [0.4, 0.5) is 0 Å². The van der Waals surface area contributed by atoms with Crippen LogP contribution in [0.5, 0.6) is 0 Å². The summed E-state index contributed by atoms with van der Waals surface area (Å²) >= 11 is 0. The van der Waals surface area contributed by atoms with E-state index >= 15 is 0 Å². The lowest BCUT2D eigenvalue weighted by Gasteiger charge is -2.33. The van der Waals surface area contributed by atoms with Crippen LogP contribution in [0.25, 0.3) is 0 Å². The van der Waals surface area contributed by atoms with E-state index in [9.17, 15) is 0 Å². The van der Waals surface area contributed by atoms with Gasteiger partial charge in [0.25, 0.3) is 0 Å². The van der Waals surface area contributed by atoms with Crippen LogP contribution in [0, 0.1) is 11.8 Å². The van der Waals surface area contributed by atoms with Gasteiger partial charge in [-0.3, -0.25) is 0 Å². The van der Waals surface area contributed by atoms with Gasteiger partial charge in [0.2, 0.25) is 0 Å². The van der Waals surface area contributed by atoms with Crippen LogP contribution in [0.1, 0.15) is 33.1 Å². The second-order valence-electron chi connectivity index (χ2n) is 4.72. The molecule has 1 heteroatoms. The van der Waals surface area contributed by atoms with Crippen LogP contribution in [0.3, 0.4) is 0 Å². The fourth-order valence-corrected chi connectivity index (χ4v) is 2.87. The third-order valence-corrected chi connectivity index (χ3v) is 3.71. The Kier molecular flexibility index (Phi) is 3.04. The molecule has 1 unspecified atom stereocenters. The van der Waals surface area contributed by atoms with Crippen molar-refractivity contribution >= 4 is 0 Å². The van der Waals surface area contributed by atoms with E-state index in [1.807, 2.05) is 6.92 Å². The molecule has 0 saturated heterocycles. The fraction of sp³-hybridized carbons (Fsp3) is 0.467. The molecule has 2 rings (SSSR count). The highest BCUT2D eigenvalue weighted by molar-refractivity contribution is 5.39.